The summed E-state index contributed by atoms with van der Waals surface area (Å²) in [7, 11) is -3.62. The van der Waals surface area contributed by atoms with Crippen LogP contribution in [0.25, 0.3) is 0 Å². The van der Waals surface area contributed by atoms with Crippen LogP contribution in [0.3, 0.4) is 0 Å². The van der Waals surface area contributed by atoms with Crippen LogP contribution in [0.4, 0.5) is 5.69 Å². The van der Waals surface area contributed by atoms with Crippen molar-refractivity contribution in [3.05, 3.63) is 40.9 Å². The molecule has 132 valence electrons. The number of sulfonamides is 1. The SMILES string of the molecule is C[C@@H](C(=O)NCC1=CCCCC1)N(c1cccc(Cl)c1)S(C)(=O)=O. The molecule has 24 heavy (non-hydrogen) atoms. The summed E-state index contributed by atoms with van der Waals surface area (Å²) in [5.41, 5.74) is 1.58. The van der Waals surface area contributed by atoms with Crippen molar-refractivity contribution >= 4 is 33.2 Å². The Morgan fingerprint density at radius 2 is 2.12 bits per heavy atom. The van der Waals surface area contributed by atoms with Gasteiger partial charge >= 0.3 is 0 Å². The summed E-state index contributed by atoms with van der Waals surface area (Å²) in [6.45, 7) is 2.04. The van der Waals surface area contributed by atoms with Crippen LogP contribution in [0.5, 0.6) is 0 Å². The predicted molar refractivity (Wildman–Crippen MR) is 97.8 cm³/mol. The summed E-state index contributed by atoms with van der Waals surface area (Å²) in [6, 6.07) is 5.62. The summed E-state index contributed by atoms with van der Waals surface area (Å²) < 4.78 is 25.5. The molecule has 0 aliphatic heterocycles. The predicted octanol–water partition coefficient (Wildman–Crippen LogP) is 3.11. The molecule has 0 aromatic heterocycles. The Balaban J connectivity index is 2.14. The summed E-state index contributed by atoms with van der Waals surface area (Å²) in [4.78, 5) is 12.5. The highest BCUT2D eigenvalue weighted by Crippen LogP contribution is 2.24. The number of benzene rings is 1. The molecule has 0 heterocycles. The van der Waals surface area contributed by atoms with Gasteiger partial charge in [0.15, 0.2) is 0 Å². The topological polar surface area (TPSA) is 66.5 Å². The molecule has 7 heteroatoms. The zero-order valence-electron chi connectivity index (χ0n) is 14.0. The zero-order chi connectivity index (χ0) is 17.7. The second-order valence-corrected chi connectivity index (χ2v) is 8.34. The van der Waals surface area contributed by atoms with Crippen molar-refractivity contribution in [2.24, 2.45) is 0 Å². The lowest BCUT2D eigenvalue weighted by atomic mass is 10.00. The van der Waals surface area contributed by atoms with Crippen molar-refractivity contribution < 1.29 is 13.2 Å². The van der Waals surface area contributed by atoms with Gasteiger partial charge in [-0.25, -0.2) is 8.42 Å². The van der Waals surface area contributed by atoms with Crippen LogP contribution in [0, 0.1) is 0 Å². The van der Waals surface area contributed by atoms with Gasteiger partial charge in [0.25, 0.3) is 0 Å². The standard InChI is InChI=1S/C17H23ClN2O3S/c1-13(17(21)19-12-14-7-4-3-5-8-14)20(24(2,22)23)16-10-6-9-15(18)11-16/h6-7,9-11,13H,3-5,8,12H2,1-2H3,(H,19,21)/t13-/m0/s1. The maximum atomic E-state index is 12.5. The lowest BCUT2D eigenvalue weighted by Gasteiger charge is -2.28. The lowest BCUT2D eigenvalue weighted by molar-refractivity contribution is -0.121. The molecule has 1 aromatic rings. The van der Waals surface area contributed by atoms with Crippen LogP contribution in [0.2, 0.25) is 5.02 Å². The minimum absolute atomic E-state index is 0.327. The van der Waals surface area contributed by atoms with Crippen LogP contribution in [0.15, 0.2) is 35.9 Å². The molecule has 1 amide bonds. The molecular weight excluding hydrogens is 348 g/mol. The van der Waals surface area contributed by atoms with Gasteiger partial charge in [0.05, 0.1) is 11.9 Å². The molecule has 0 saturated carbocycles. The van der Waals surface area contributed by atoms with E-state index in [1.165, 1.54) is 18.1 Å². The molecule has 0 spiro atoms. The van der Waals surface area contributed by atoms with E-state index in [4.69, 9.17) is 11.6 Å². The third kappa shape index (κ3) is 4.98. The molecule has 2 rings (SSSR count). The molecule has 0 radical (unpaired) electrons. The van der Waals surface area contributed by atoms with Gasteiger partial charge in [0.2, 0.25) is 15.9 Å². The number of rotatable bonds is 6. The molecule has 0 saturated heterocycles. The summed E-state index contributed by atoms with van der Waals surface area (Å²) in [5, 5.41) is 3.26. The highest BCUT2D eigenvalue weighted by Gasteiger charge is 2.29. The maximum Gasteiger partial charge on any atom is 0.243 e. The first-order chi connectivity index (χ1) is 11.3. The molecule has 5 nitrogen and oxygen atoms in total. The van der Waals surface area contributed by atoms with Gasteiger partial charge in [0, 0.05) is 11.6 Å². The van der Waals surface area contributed by atoms with Crippen LogP contribution >= 0.6 is 11.6 Å². The molecule has 1 N–H and O–H groups in total. The third-order valence-corrected chi connectivity index (χ3v) is 5.50. The van der Waals surface area contributed by atoms with Gasteiger partial charge in [-0.2, -0.15) is 0 Å². The van der Waals surface area contributed by atoms with Crippen molar-refractivity contribution in [2.75, 3.05) is 17.1 Å². The Labute approximate surface area is 148 Å². The first kappa shape index (κ1) is 18.8. The number of carbonyl (C=O) groups is 1. The average Bonchev–Trinajstić information content (AvgIpc) is 2.52. The molecule has 1 atom stereocenters. The summed E-state index contributed by atoms with van der Waals surface area (Å²) in [6.07, 6.45) is 7.58. The number of anilines is 1. The minimum atomic E-state index is -3.62. The van der Waals surface area contributed by atoms with Crippen LogP contribution in [-0.2, 0) is 14.8 Å². The van der Waals surface area contributed by atoms with Crippen molar-refractivity contribution in [1.29, 1.82) is 0 Å². The number of carbonyl (C=O) groups excluding carboxylic acids is 1. The van der Waals surface area contributed by atoms with E-state index in [-0.39, 0.29) is 5.91 Å². The smallest absolute Gasteiger partial charge is 0.243 e. The van der Waals surface area contributed by atoms with E-state index in [9.17, 15) is 13.2 Å². The van der Waals surface area contributed by atoms with Gasteiger partial charge in [0.1, 0.15) is 6.04 Å². The fourth-order valence-corrected chi connectivity index (χ4v) is 4.19. The molecule has 1 aliphatic rings. The number of allylic oxidation sites excluding steroid dienone is 1. The Kier molecular flexibility index (Phi) is 6.29. The second kappa shape index (κ2) is 8.03. The summed E-state index contributed by atoms with van der Waals surface area (Å²) >= 11 is 5.96. The van der Waals surface area contributed by atoms with Crippen molar-refractivity contribution in [3.8, 4) is 0 Å². The average molecular weight is 371 g/mol. The quantitative estimate of drug-likeness (QED) is 0.782. The Bertz CT molecular complexity index is 731. The van der Waals surface area contributed by atoms with Crippen LogP contribution in [-0.4, -0.2) is 33.2 Å². The second-order valence-electron chi connectivity index (χ2n) is 6.04. The number of hydrogen-bond acceptors (Lipinski definition) is 3. The fraction of sp³-hybridized carbons (Fsp3) is 0.471. The van der Waals surface area contributed by atoms with E-state index in [0.717, 1.165) is 29.8 Å². The van der Waals surface area contributed by atoms with E-state index in [1.54, 1.807) is 25.1 Å². The molecular formula is C17H23ClN2O3S. The van der Waals surface area contributed by atoms with Gasteiger partial charge in [-0.05, 0) is 50.8 Å². The number of hydrogen-bond donors (Lipinski definition) is 1. The molecule has 1 aliphatic carbocycles. The molecule has 0 unspecified atom stereocenters. The minimum Gasteiger partial charge on any atom is -0.351 e. The van der Waals surface area contributed by atoms with E-state index >= 15 is 0 Å². The number of nitrogens with one attached hydrogen (secondary N) is 1. The van der Waals surface area contributed by atoms with Gasteiger partial charge in [-0.3, -0.25) is 9.10 Å². The lowest BCUT2D eigenvalue weighted by Crippen LogP contribution is -2.48. The van der Waals surface area contributed by atoms with Gasteiger partial charge in [-0.15, -0.1) is 0 Å². The molecule has 0 bridgehead atoms. The first-order valence-corrected chi connectivity index (χ1v) is 10.2. The highest BCUT2D eigenvalue weighted by atomic mass is 35.5. The normalized spacial score (nSPS) is 16.2. The number of halogens is 1. The van der Waals surface area contributed by atoms with E-state index in [0.29, 0.717) is 17.3 Å². The Morgan fingerprint density at radius 1 is 1.38 bits per heavy atom. The Morgan fingerprint density at radius 3 is 2.71 bits per heavy atom. The van der Waals surface area contributed by atoms with Gasteiger partial charge < -0.3 is 5.32 Å². The van der Waals surface area contributed by atoms with Gasteiger partial charge in [-0.1, -0.05) is 29.3 Å². The highest BCUT2D eigenvalue weighted by molar-refractivity contribution is 7.92. The fourth-order valence-electron chi connectivity index (χ4n) is 2.84. The number of amides is 1. The van der Waals surface area contributed by atoms with Crippen molar-refractivity contribution in [3.63, 3.8) is 0 Å². The number of nitrogens with zero attached hydrogens (tertiary/aromatic N) is 1. The first-order valence-electron chi connectivity index (χ1n) is 7.99. The maximum absolute atomic E-state index is 12.5. The van der Waals surface area contributed by atoms with E-state index < -0.39 is 16.1 Å². The van der Waals surface area contributed by atoms with E-state index in [1.807, 2.05) is 0 Å². The summed E-state index contributed by atoms with van der Waals surface area (Å²) in [5.74, 6) is -0.327. The van der Waals surface area contributed by atoms with Crippen molar-refractivity contribution in [2.45, 2.75) is 38.6 Å². The Hall–Kier alpha value is -1.53. The van der Waals surface area contributed by atoms with E-state index in [2.05, 4.69) is 11.4 Å². The van der Waals surface area contributed by atoms with Crippen molar-refractivity contribution in [1.82, 2.24) is 5.32 Å². The van der Waals surface area contributed by atoms with Crippen LogP contribution in [0.1, 0.15) is 32.6 Å². The monoisotopic (exact) mass is 370 g/mol. The zero-order valence-corrected chi connectivity index (χ0v) is 15.5. The molecule has 0 fully saturated rings. The third-order valence-electron chi connectivity index (χ3n) is 4.03. The molecule has 1 aromatic carbocycles. The largest absolute Gasteiger partial charge is 0.351 e. The van der Waals surface area contributed by atoms with Crippen LogP contribution < -0.4 is 9.62 Å².